The van der Waals surface area contributed by atoms with Gasteiger partial charge in [0.05, 0.1) is 22.1 Å². The molecule has 0 aliphatic carbocycles. The number of benzene rings is 8. The van der Waals surface area contributed by atoms with Crippen LogP contribution in [0.4, 0.5) is 17.1 Å². The van der Waals surface area contributed by atoms with E-state index in [0.717, 1.165) is 22.7 Å². The molecule has 0 amide bonds. The Morgan fingerprint density at radius 1 is 0.275 bits per heavy atom. The number of hydrogen-bond acceptors (Lipinski definition) is 1. The lowest BCUT2D eigenvalue weighted by molar-refractivity contribution is 1.17. The summed E-state index contributed by atoms with van der Waals surface area (Å²) in [4.78, 5) is 2.33. The molecule has 240 valence electrons. The molecule has 0 unspecified atom stereocenters. The van der Waals surface area contributed by atoms with Gasteiger partial charge in [-0.1, -0.05) is 115 Å². The zero-order valence-electron chi connectivity index (χ0n) is 27.9. The fourth-order valence-corrected chi connectivity index (χ4v) is 7.78. The summed E-state index contributed by atoms with van der Waals surface area (Å²) < 4.78 is 4.74. The lowest BCUT2D eigenvalue weighted by atomic mass is 10.0. The standard InChI is InChI=1S/C48H33N3/c1-3-13-36(14-4-1)49(39-28-30-40(31-29-39)50-45-20-10-7-17-41(45)42-18-8-11-21-46(42)50)38-26-23-34(24-27-38)35-25-32-44-43-19-9-12-22-47(43)51(48(44)33-35)37-15-5-2-6-16-37/h1-33H. The smallest absolute Gasteiger partial charge is 0.0547 e. The van der Waals surface area contributed by atoms with Crippen LogP contribution in [-0.2, 0) is 0 Å². The maximum atomic E-state index is 2.38. The van der Waals surface area contributed by atoms with E-state index in [1.54, 1.807) is 0 Å². The third-order valence-corrected chi connectivity index (χ3v) is 10.1. The van der Waals surface area contributed by atoms with Crippen molar-refractivity contribution in [1.29, 1.82) is 0 Å². The van der Waals surface area contributed by atoms with Crippen LogP contribution in [0.1, 0.15) is 0 Å². The Bertz CT molecular complexity index is 2770. The summed E-state index contributed by atoms with van der Waals surface area (Å²) >= 11 is 0. The molecule has 8 aromatic carbocycles. The molecule has 0 bridgehead atoms. The first kappa shape index (κ1) is 29.1. The Morgan fingerprint density at radius 3 is 1.24 bits per heavy atom. The van der Waals surface area contributed by atoms with E-state index in [0.29, 0.717) is 0 Å². The molecule has 0 saturated carbocycles. The van der Waals surface area contributed by atoms with Crippen molar-refractivity contribution in [3.05, 3.63) is 200 Å². The third kappa shape index (κ3) is 4.82. The number of para-hydroxylation sites is 5. The van der Waals surface area contributed by atoms with Crippen molar-refractivity contribution in [3.63, 3.8) is 0 Å². The predicted molar refractivity (Wildman–Crippen MR) is 215 cm³/mol. The van der Waals surface area contributed by atoms with E-state index in [9.17, 15) is 0 Å². The SMILES string of the molecule is c1ccc(N(c2ccc(-c3ccc4c5ccccc5n(-c5ccccc5)c4c3)cc2)c2ccc(-n3c4ccccc4c4ccccc43)cc2)cc1. The molecule has 10 aromatic rings. The molecular weight excluding hydrogens is 619 g/mol. The summed E-state index contributed by atoms with van der Waals surface area (Å²) in [6.45, 7) is 0. The van der Waals surface area contributed by atoms with Crippen LogP contribution in [0.25, 0.3) is 66.1 Å². The summed E-state index contributed by atoms with van der Waals surface area (Å²) in [7, 11) is 0. The molecule has 10 rings (SSSR count). The molecule has 2 aromatic heterocycles. The van der Waals surface area contributed by atoms with Crippen LogP contribution in [0, 0.1) is 0 Å². The summed E-state index contributed by atoms with van der Waals surface area (Å²) in [5, 5.41) is 5.06. The lowest BCUT2D eigenvalue weighted by Gasteiger charge is -2.26. The van der Waals surface area contributed by atoms with Gasteiger partial charge in [-0.25, -0.2) is 0 Å². The second-order valence-corrected chi connectivity index (χ2v) is 13.0. The highest BCUT2D eigenvalue weighted by molar-refractivity contribution is 6.11. The molecule has 0 fully saturated rings. The van der Waals surface area contributed by atoms with Crippen molar-refractivity contribution in [1.82, 2.24) is 9.13 Å². The van der Waals surface area contributed by atoms with Crippen LogP contribution in [0.2, 0.25) is 0 Å². The van der Waals surface area contributed by atoms with Gasteiger partial charge in [0, 0.05) is 50.0 Å². The number of nitrogens with zero attached hydrogens (tertiary/aromatic N) is 3. The van der Waals surface area contributed by atoms with Crippen LogP contribution in [0.5, 0.6) is 0 Å². The molecule has 0 atom stereocenters. The fraction of sp³-hybridized carbons (Fsp3) is 0. The van der Waals surface area contributed by atoms with E-state index < -0.39 is 0 Å². The van der Waals surface area contributed by atoms with E-state index in [-0.39, 0.29) is 0 Å². The topological polar surface area (TPSA) is 13.1 Å². The number of hydrogen-bond donors (Lipinski definition) is 0. The Hall–Kier alpha value is -6.84. The van der Waals surface area contributed by atoms with Crippen molar-refractivity contribution in [2.24, 2.45) is 0 Å². The Labute approximate surface area is 296 Å². The van der Waals surface area contributed by atoms with Gasteiger partial charge in [0.25, 0.3) is 0 Å². The van der Waals surface area contributed by atoms with Gasteiger partial charge in [0.1, 0.15) is 0 Å². The average Bonchev–Trinajstić information content (AvgIpc) is 3.72. The van der Waals surface area contributed by atoms with Gasteiger partial charge in [-0.2, -0.15) is 0 Å². The lowest BCUT2D eigenvalue weighted by Crippen LogP contribution is -2.10. The number of rotatable bonds is 6. The summed E-state index contributed by atoms with van der Waals surface area (Å²) in [5.74, 6) is 0. The summed E-state index contributed by atoms with van der Waals surface area (Å²) in [6, 6.07) is 72.0. The van der Waals surface area contributed by atoms with Gasteiger partial charge in [-0.3, -0.25) is 0 Å². The Morgan fingerprint density at radius 2 is 0.667 bits per heavy atom. The normalized spacial score (nSPS) is 11.5. The van der Waals surface area contributed by atoms with Crippen LogP contribution in [0.3, 0.4) is 0 Å². The number of aromatic nitrogens is 2. The zero-order chi connectivity index (χ0) is 33.7. The van der Waals surface area contributed by atoms with E-state index in [4.69, 9.17) is 0 Å². The van der Waals surface area contributed by atoms with Crippen molar-refractivity contribution in [3.8, 4) is 22.5 Å². The van der Waals surface area contributed by atoms with Crippen LogP contribution in [-0.4, -0.2) is 9.13 Å². The molecule has 0 aliphatic heterocycles. The highest BCUT2D eigenvalue weighted by atomic mass is 15.1. The minimum atomic E-state index is 1.10. The second kappa shape index (κ2) is 11.9. The quantitative estimate of drug-likeness (QED) is 0.174. The largest absolute Gasteiger partial charge is 0.311 e. The zero-order valence-corrected chi connectivity index (χ0v) is 27.9. The minimum absolute atomic E-state index is 1.10. The van der Waals surface area contributed by atoms with E-state index in [2.05, 4.69) is 214 Å². The van der Waals surface area contributed by atoms with Crippen molar-refractivity contribution in [2.45, 2.75) is 0 Å². The van der Waals surface area contributed by atoms with Gasteiger partial charge >= 0.3 is 0 Å². The first-order valence-electron chi connectivity index (χ1n) is 17.4. The van der Waals surface area contributed by atoms with Crippen molar-refractivity contribution < 1.29 is 0 Å². The van der Waals surface area contributed by atoms with E-state index in [1.165, 1.54) is 60.4 Å². The fourth-order valence-electron chi connectivity index (χ4n) is 7.78. The van der Waals surface area contributed by atoms with E-state index >= 15 is 0 Å². The van der Waals surface area contributed by atoms with E-state index in [1.807, 2.05) is 0 Å². The molecule has 0 N–H and O–H groups in total. The number of fused-ring (bicyclic) bond motifs is 6. The molecule has 0 saturated heterocycles. The molecule has 3 heteroatoms. The summed E-state index contributed by atoms with van der Waals surface area (Å²) in [5.41, 5.74) is 12.9. The highest BCUT2D eigenvalue weighted by Gasteiger charge is 2.16. The molecule has 0 spiro atoms. The van der Waals surface area contributed by atoms with Gasteiger partial charge in [-0.05, 0) is 96.1 Å². The maximum Gasteiger partial charge on any atom is 0.0547 e. The third-order valence-electron chi connectivity index (χ3n) is 10.1. The molecule has 3 nitrogen and oxygen atoms in total. The van der Waals surface area contributed by atoms with Gasteiger partial charge in [0.2, 0.25) is 0 Å². The van der Waals surface area contributed by atoms with Crippen molar-refractivity contribution >= 4 is 60.7 Å². The Kier molecular flexibility index (Phi) is 6.81. The second-order valence-electron chi connectivity index (χ2n) is 13.0. The number of anilines is 3. The van der Waals surface area contributed by atoms with Crippen molar-refractivity contribution in [2.75, 3.05) is 4.90 Å². The van der Waals surface area contributed by atoms with Gasteiger partial charge in [0.15, 0.2) is 0 Å². The molecule has 0 radical (unpaired) electrons. The highest BCUT2D eigenvalue weighted by Crippen LogP contribution is 2.39. The molecule has 2 heterocycles. The first-order valence-corrected chi connectivity index (χ1v) is 17.4. The average molecular weight is 652 g/mol. The minimum Gasteiger partial charge on any atom is -0.311 e. The van der Waals surface area contributed by atoms with Crippen LogP contribution >= 0.6 is 0 Å². The predicted octanol–water partition coefficient (Wildman–Crippen LogP) is 13.0. The first-order chi connectivity index (χ1) is 25.3. The molecule has 51 heavy (non-hydrogen) atoms. The Balaban J connectivity index is 1.05. The van der Waals surface area contributed by atoms with Crippen LogP contribution < -0.4 is 4.90 Å². The molecular formula is C48H33N3. The monoisotopic (exact) mass is 651 g/mol. The van der Waals surface area contributed by atoms with Crippen LogP contribution in [0.15, 0.2) is 200 Å². The van der Waals surface area contributed by atoms with Gasteiger partial charge in [-0.15, -0.1) is 0 Å². The molecule has 0 aliphatic rings. The van der Waals surface area contributed by atoms with Gasteiger partial charge < -0.3 is 14.0 Å². The maximum absolute atomic E-state index is 2.38. The summed E-state index contributed by atoms with van der Waals surface area (Å²) in [6.07, 6.45) is 0.